The summed E-state index contributed by atoms with van der Waals surface area (Å²) in [4.78, 5) is 0.358. The molecular formula is C30H35NO3S. The van der Waals surface area contributed by atoms with E-state index in [9.17, 15) is 8.42 Å². The van der Waals surface area contributed by atoms with Crippen molar-refractivity contribution in [2.75, 3.05) is 13.2 Å². The summed E-state index contributed by atoms with van der Waals surface area (Å²) in [6.45, 7) is 7.61. The molecule has 35 heavy (non-hydrogen) atoms. The van der Waals surface area contributed by atoms with Crippen molar-refractivity contribution in [2.45, 2.75) is 56.6 Å². The first-order valence-corrected chi connectivity index (χ1v) is 14.1. The smallest absolute Gasteiger partial charge is 0.243 e. The summed E-state index contributed by atoms with van der Waals surface area (Å²) in [7, 11) is -3.67. The Morgan fingerprint density at radius 2 is 1.54 bits per heavy atom. The zero-order chi connectivity index (χ0) is 24.6. The van der Waals surface area contributed by atoms with Gasteiger partial charge in [0.15, 0.2) is 0 Å². The Labute approximate surface area is 210 Å². The minimum Gasteiger partial charge on any atom is -0.373 e. The Morgan fingerprint density at radius 1 is 0.857 bits per heavy atom. The molecule has 5 heteroatoms. The Balaban J connectivity index is 1.59. The van der Waals surface area contributed by atoms with Gasteiger partial charge in [-0.1, -0.05) is 86.1 Å². The Morgan fingerprint density at radius 3 is 2.20 bits per heavy atom. The standard InChI is InChI=1S/C30H35NO3S/c1-21(2)23-11-13-26(14-12-23)30-28-24(18-20-34-30)17-19-31(29(28)25-7-5-4-6-8-25)35(32,33)27-15-9-22(3)10-16-27/h4-16,21,24,28-30H,17-20H2,1-3H3/t24-,28-,29+,30-/m0/s1. The lowest BCUT2D eigenvalue weighted by atomic mass is 9.70. The Bertz CT molecular complexity index is 1240. The van der Waals surface area contributed by atoms with Crippen LogP contribution in [0.2, 0.25) is 0 Å². The number of nitrogens with zero attached hydrogens (tertiary/aromatic N) is 1. The average molecular weight is 490 g/mol. The molecule has 0 amide bonds. The van der Waals surface area contributed by atoms with Crippen molar-refractivity contribution in [1.82, 2.24) is 4.31 Å². The number of benzene rings is 3. The summed E-state index contributed by atoms with van der Waals surface area (Å²) in [5.41, 5.74) is 4.52. The Hall–Kier alpha value is -2.47. The Kier molecular flexibility index (Phi) is 6.84. The van der Waals surface area contributed by atoms with Crippen LogP contribution in [0.5, 0.6) is 0 Å². The number of fused-ring (bicyclic) bond motifs is 1. The van der Waals surface area contributed by atoms with Crippen molar-refractivity contribution in [1.29, 1.82) is 0 Å². The molecule has 5 rings (SSSR count). The van der Waals surface area contributed by atoms with Gasteiger partial charge in [-0.2, -0.15) is 4.31 Å². The van der Waals surface area contributed by atoms with Crippen LogP contribution in [0.4, 0.5) is 0 Å². The molecule has 2 aliphatic heterocycles. The zero-order valence-corrected chi connectivity index (χ0v) is 21.6. The lowest BCUT2D eigenvalue weighted by molar-refractivity contribution is -0.100. The lowest BCUT2D eigenvalue weighted by Gasteiger charge is -2.50. The zero-order valence-electron chi connectivity index (χ0n) is 20.8. The van der Waals surface area contributed by atoms with E-state index in [0.29, 0.717) is 29.9 Å². The van der Waals surface area contributed by atoms with Gasteiger partial charge in [0.25, 0.3) is 0 Å². The number of hydrogen-bond donors (Lipinski definition) is 0. The maximum atomic E-state index is 14.0. The molecule has 0 aromatic heterocycles. The van der Waals surface area contributed by atoms with Crippen molar-refractivity contribution in [3.63, 3.8) is 0 Å². The third-order valence-electron chi connectivity index (χ3n) is 7.78. The molecule has 4 nitrogen and oxygen atoms in total. The van der Waals surface area contributed by atoms with Gasteiger partial charge in [0.05, 0.1) is 17.0 Å². The molecule has 0 radical (unpaired) electrons. The second-order valence-electron chi connectivity index (χ2n) is 10.3. The number of piperidine rings is 1. The van der Waals surface area contributed by atoms with Crippen LogP contribution >= 0.6 is 0 Å². The van der Waals surface area contributed by atoms with Crippen LogP contribution in [0.25, 0.3) is 0 Å². The van der Waals surface area contributed by atoms with Gasteiger partial charge in [-0.05, 0) is 60.4 Å². The maximum Gasteiger partial charge on any atom is 0.243 e. The van der Waals surface area contributed by atoms with E-state index in [0.717, 1.165) is 29.5 Å². The molecule has 4 atom stereocenters. The summed E-state index contributed by atoms with van der Waals surface area (Å²) in [5.74, 6) is 0.921. The number of ether oxygens (including phenoxy) is 1. The van der Waals surface area contributed by atoms with Gasteiger partial charge >= 0.3 is 0 Å². The fraction of sp³-hybridized carbons (Fsp3) is 0.400. The van der Waals surface area contributed by atoms with E-state index in [-0.39, 0.29) is 18.1 Å². The monoisotopic (exact) mass is 489 g/mol. The van der Waals surface area contributed by atoms with E-state index in [4.69, 9.17) is 4.74 Å². The highest BCUT2D eigenvalue weighted by Crippen LogP contribution is 2.52. The van der Waals surface area contributed by atoms with Crippen LogP contribution in [0.1, 0.15) is 67.0 Å². The van der Waals surface area contributed by atoms with Crippen molar-refractivity contribution >= 4 is 10.0 Å². The largest absolute Gasteiger partial charge is 0.373 e. The first kappa shape index (κ1) is 24.2. The van der Waals surface area contributed by atoms with E-state index in [2.05, 4.69) is 50.2 Å². The van der Waals surface area contributed by atoms with Gasteiger partial charge in [-0.3, -0.25) is 0 Å². The van der Waals surface area contributed by atoms with Crippen LogP contribution < -0.4 is 0 Å². The van der Waals surface area contributed by atoms with Crippen LogP contribution in [0.15, 0.2) is 83.8 Å². The van der Waals surface area contributed by atoms with Crippen molar-refractivity contribution in [2.24, 2.45) is 11.8 Å². The second-order valence-corrected chi connectivity index (χ2v) is 12.2. The average Bonchev–Trinajstić information content (AvgIpc) is 2.88. The topological polar surface area (TPSA) is 46.6 Å². The van der Waals surface area contributed by atoms with Crippen LogP contribution in [0, 0.1) is 18.8 Å². The summed E-state index contributed by atoms with van der Waals surface area (Å²) >= 11 is 0. The molecule has 2 saturated heterocycles. The molecule has 0 N–H and O–H groups in total. The fourth-order valence-electron chi connectivity index (χ4n) is 5.82. The fourth-order valence-corrected chi connectivity index (χ4v) is 7.48. The van der Waals surface area contributed by atoms with E-state index in [1.165, 1.54) is 5.56 Å². The molecular weight excluding hydrogens is 454 g/mol. The van der Waals surface area contributed by atoms with Crippen molar-refractivity contribution < 1.29 is 13.2 Å². The van der Waals surface area contributed by atoms with E-state index >= 15 is 0 Å². The third kappa shape index (κ3) is 4.69. The van der Waals surface area contributed by atoms with Gasteiger partial charge < -0.3 is 4.74 Å². The molecule has 0 bridgehead atoms. The van der Waals surface area contributed by atoms with Crippen LogP contribution in [-0.2, 0) is 14.8 Å². The maximum absolute atomic E-state index is 14.0. The van der Waals surface area contributed by atoms with Gasteiger partial charge in [-0.25, -0.2) is 8.42 Å². The highest BCUT2D eigenvalue weighted by molar-refractivity contribution is 7.89. The van der Waals surface area contributed by atoms with Crippen molar-refractivity contribution in [3.8, 4) is 0 Å². The van der Waals surface area contributed by atoms with Gasteiger partial charge in [0.2, 0.25) is 10.0 Å². The van der Waals surface area contributed by atoms with E-state index in [1.54, 1.807) is 16.4 Å². The van der Waals surface area contributed by atoms with Gasteiger partial charge in [0.1, 0.15) is 0 Å². The minimum absolute atomic E-state index is 0.0463. The molecule has 3 aromatic rings. The number of aryl methyl sites for hydroxylation is 1. The predicted molar refractivity (Wildman–Crippen MR) is 140 cm³/mol. The summed E-state index contributed by atoms with van der Waals surface area (Å²) in [5, 5.41) is 0. The minimum atomic E-state index is -3.67. The molecule has 0 saturated carbocycles. The second kappa shape index (κ2) is 9.88. The van der Waals surface area contributed by atoms with Crippen LogP contribution in [-0.4, -0.2) is 25.9 Å². The lowest BCUT2D eigenvalue weighted by Crippen LogP contribution is -2.50. The van der Waals surface area contributed by atoms with Gasteiger partial charge in [-0.15, -0.1) is 0 Å². The summed E-state index contributed by atoms with van der Waals surface area (Å²) in [6.07, 6.45) is 1.67. The molecule has 184 valence electrons. The first-order valence-electron chi connectivity index (χ1n) is 12.7. The third-order valence-corrected chi connectivity index (χ3v) is 9.67. The predicted octanol–water partition coefficient (Wildman–Crippen LogP) is 6.65. The number of rotatable bonds is 5. The molecule has 0 unspecified atom stereocenters. The first-order chi connectivity index (χ1) is 16.9. The van der Waals surface area contributed by atoms with Crippen LogP contribution in [0.3, 0.4) is 0 Å². The van der Waals surface area contributed by atoms with E-state index in [1.807, 2.05) is 37.3 Å². The molecule has 0 aliphatic carbocycles. The number of sulfonamides is 1. The molecule has 2 fully saturated rings. The van der Waals surface area contributed by atoms with E-state index < -0.39 is 10.0 Å². The molecule has 3 aromatic carbocycles. The summed E-state index contributed by atoms with van der Waals surface area (Å²) in [6, 6.07) is 25.8. The highest BCUT2D eigenvalue weighted by atomic mass is 32.2. The quantitative estimate of drug-likeness (QED) is 0.403. The highest BCUT2D eigenvalue weighted by Gasteiger charge is 2.49. The van der Waals surface area contributed by atoms with Crippen molar-refractivity contribution in [3.05, 3.63) is 101 Å². The molecule has 2 heterocycles. The summed E-state index contributed by atoms with van der Waals surface area (Å²) < 4.78 is 36.2. The SMILES string of the molecule is Cc1ccc(S(=O)(=O)N2CC[C@H]3CCO[C@@H](c4ccc(C(C)C)cc4)[C@@H]3[C@H]2c2ccccc2)cc1. The molecule has 0 spiro atoms. The normalized spacial score (nSPS) is 25.4. The number of hydrogen-bond acceptors (Lipinski definition) is 3. The van der Waals surface area contributed by atoms with Gasteiger partial charge in [0, 0.05) is 19.1 Å². The molecule has 2 aliphatic rings.